The number of rotatable bonds is 5. The molecule has 0 radical (unpaired) electrons. The van der Waals surface area contributed by atoms with Crippen molar-refractivity contribution >= 4 is 98.6 Å². The van der Waals surface area contributed by atoms with Gasteiger partial charge in [-0.2, -0.15) is 0 Å². The maximum atomic E-state index is 13.9. The summed E-state index contributed by atoms with van der Waals surface area (Å²) in [4.78, 5) is 55.1. The van der Waals surface area contributed by atoms with Crippen LogP contribution >= 0.6 is 69.5 Å². The zero-order chi connectivity index (χ0) is 29.9. The Morgan fingerprint density at radius 2 is 1.64 bits per heavy atom. The van der Waals surface area contributed by atoms with Gasteiger partial charge in [-0.1, -0.05) is 81.6 Å². The summed E-state index contributed by atoms with van der Waals surface area (Å²) in [6, 6.07) is 14.6. The monoisotopic (exact) mass is 681 g/mol. The van der Waals surface area contributed by atoms with Gasteiger partial charge in [0.15, 0.2) is 0 Å². The van der Waals surface area contributed by atoms with Crippen LogP contribution in [0.3, 0.4) is 0 Å². The van der Waals surface area contributed by atoms with E-state index in [2.05, 4.69) is 5.32 Å². The zero-order valence-electron chi connectivity index (χ0n) is 20.9. The highest BCUT2D eigenvalue weighted by atomic mass is 35.5. The van der Waals surface area contributed by atoms with Gasteiger partial charge < -0.3 is 5.32 Å². The molecule has 0 saturated carbocycles. The van der Waals surface area contributed by atoms with Crippen LogP contribution in [0.2, 0.25) is 20.1 Å². The molecule has 1 fully saturated rings. The fraction of sp³-hybridized carbons (Fsp3) is 0.143. The lowest BCUT2D eigenvalue weighted by atomic mass is 9.83. The number of amides is 3. The van der Waals surface area contributed by atoms with E-state index in [1.807, 2.05) is 0 Å². The van der Waals surface area contributed by atoms with Crippen LogP contribution in [-0.4, -0.2) is 27.5 Å². The molecule has 214 valence electrons. The summed E-state index contributed by atoms with van der Waals surface area (Å²) in [6.07, 6.45) is 0. The third-order valence-electron chi connectivity index (χ3n) is 6.96. The van der Waals surface area contributed by atoms with Crippen LogP contribution in [0.5, 0.6) is 0 Å². The van der Waals surface area contributed by atoms with Crippen molar-refractivity contribution in [2.75, 3.05) is 10.2 Å². The molecule has 42 heavy (non-hydrogen) atoms. The lowest BCUT2D eigenvalue weighted by molar-refractivity contribution is -0.122. The number of hydrogen-bond donors (Lipinski definition) is 1. The lowest BCUT2D eigenvalue weighted by Crippen LogP contribution is -2.33. The second-order valence-electron chi connectivity index (χ2n) is 9.47. The fourth-order valence-corrected chi connectivity index (χ4v) is 8.60. The maximum Gasteiger partial charge on any atom is 0.308 e. The molecule has 0 aliphatic carbocycles. The number of hydrogen-bond acceptors (Lipinski definition) is 6. The molecule has 1 N–H and O–H groups in total. The van der Waals surface area contributed by atoms with Crippen LogP contribution in [0.25, 0.3) is 0 Å². The Hall–Kier alpha value is -2.86. The number of fused-ring (bicyclic) bond motifs is 2. The summed E-state index contributed by atoms with van der Waals surface area (Å²) >= 11 is 26.9. The quantitative estimate of drug-likeness (QED) is 0.227. The van der Waals surface area contributed by atoms with E-state index in [1.165, 1.54) is 28.8 Å². The van der Waals surface area contributed by atoms with Gasteiger partial charge in [-0.05, 0) is 54.1 Å². The Balaban J connectivity index is 1.43. The third-order valence-corrected chi connectivity index (χ3v) is 11.1. The summed E-state index contributed by atoms with van der Waals surface area (Å²) < 4.78 is 14.9. The normalized spacial score (nSPS) is 19.5. The van der Waals surface area contributed by atoms with Crippen LogP contribution in [0.15, 0.2) is 70.5 Å². The summed E-state index contributed by atoms with van der Waals surface area (Å²) in [5.74, 6) is -3.82. The molecule has 3 atom stereocenters. The molecule has 0 spiro atoms. The summed E-state index contributed by atoms with van der Waals surface area (Å²) in [6.45, 7) is -0.366. The van der Waals surface area contributed by atoms with E-state index in [0.29, 0.717) is 26.2 Å². The molecule has 0 bridgehead atoms. The third kappa shape index (κ3) is 5.04. The van der Waals surface area contributed by atoms with E-state index in [1.54, 1.807) is 24.3 Å². The number of carbonyl (C=O) groups excluding carboxylic acids is 3. The smallest absolute Gasteiger partial charge is 0.308 e. The second-order valence-corrected chi connectivity index (χ2v) is 13.2. The fourth-order valence-electron chi connectivity index (χ4n) is 5.11. The van der Waals surface area contributed by atoms with Gasteiger partial charge in [-0.3, -0.25) is 23.7 Å². The maximum absolute atomic E-state index is 13.9. The molecular weight excluding hydrogens is 667 g/mol. The SMILES string of the molecule is O=C(Cn1c2c(sc1=O)C(c1cccc(Cl)c1Cl)C1C(=O)N(c3ccc(F)cc3)C(=O)C1S2)Nc1ccc(Cl)c(Cl)c1. The summed E-state index contributed by atoms with van der Waals surface area (Å²) in [7, 11) is 0. The molecule has 1 saturated heterocycles. The number of thiazole rings is 1. The molecule has 2 aliphatic heterocycles. The van der Waals surface area contributed by atoms with Gasteiger partial charge in [0.1, 0.15) is 17.6 Å². The van der Waals surface area contributed by atoms with Crippen molar-refractivity contribution in [2.24, 2.45) is 5.92 Å². The number of benzene rings is 3. The molecular formula is C28H16Cl4FN3O4S2. The Morgan fingerprint density at radius 1 is 0.905 bits per heavy atom. The number of thioether (sulfide) groups is 1. The lowest BCUT2D eigenvalue weighted by Gasteiger charge is -2.31. The standard InChI is InChI=1S/C28H16Cl4FN3O4S2/c29-16-9-6-13(10-18(16)31)34-19(37)11-35-27-24(42-28(35)40)20(15-2-1-3-17(30)22(15)32)21-23(41-27)26(39)36(25(21)38)14-7-4-12(33)5-8-14/h1-10,20-21,23H,11H2,(H,34,37). The number of nitrogens with zero attached hydrogens (tertiary/aromatic N) is 2. The molecule has 3 amide bonds. The molecule has 2 aliphatic rings. The highest BCUT2D eigenvalue weighted by Crippen LogP contribution is 2.55. The first-order valence-corrected chi connectivity index (χ1v) is 15.5. The predicted molar refractivity (Wildman–Crippen MR) is 164 cm³/mol. The Morgan fingerprint density at radius 3 is 2.36 bits per heavy atom. The molecule has 4 aromatic rings. The van der Waals surface area contributed by atoms with Crippen LogP contribution in [0.4, 0.5) is 15.8 Å². The number of carbonyl (C=O) groups is 3. The molecule has 14 heteroatoms. The Labute approximate surface area is 266 Å². The molecule has 3 aromatic carbocycles. The van der Waals surface area contributed by atoms with Crippen LogP contribution < -0.4 is 15.1 Å². The van der Waals surface area contributed by atoms with Gasteiger partial charge in [0, 0.05) is 16.5 Å². The average molecular weight is 683 g/mol. The number of nitrogens with one attached hydrogen (secondary N) is 1. The average Bonchev–Trinajstić information content (AvgIpc) is 3.39. The topological polar surface area (TPSA) is 88.5 Å². The summed E-state index contributed by atoms with van der Waals surface area (Å²) in [5.41, 5.74) is 1.07. The minimum atomic E-state index is -0.950. The van der Waals surface area contributed by atoms with E-state index in [-0.39, 0.29) is 27.3 Å². The van der Waals surface area contributed by atoms with Crippen LogP contribution in [0, 0.1) is 11.7 Å². The molecule has 3 heterocycles. The minimum Gasteiger partial charge on any atom is -0.324 e. The first-order valence-electron chi connectivity index (χ1n) is 12.3. The van der Waals surface area contributed by atoms with E-state index in [9.17, 15) is 23.6 Å². The van der Waals surface area contributed by atoms with Gasteiger partial charge >= 0.3 is 4.87 Å². The van der Waals surface area contributed by atoms with E-state index in [4.69, 9.17) is 46.4 Å². The van der Waals surface area contributed by atoms with Gasteiger partial charge in [0.2, 0.25) is 17.7 Å². The highest BCUT2D eigenvalue weighted by molar-refractivity contribution is 8.00. The number of anilines is 2. The van der Waals surface area contributed by atoms with E-state index < -0.39 is 45.5 Å². The van der Waals surface area contributed by atoms with Crippen molar-refractivity contribution in [1.29, 1.82) is 0 Å². The first-order chi connectivity index (χ1) is 20.0. The van der Waals surface area contributed by atoms with Crippen molar-refractivity contribution in [3.05, 3.63) is 107 Å². The second kappa shape index (κ2) is 11.3. The number of aromatic nitrogens is 1. The van der Waals surface area contributed by atoms with Crippen molar-refractivity contribution in [2.45, 2.75) is 22.7 Å². The van der Waals surface area contributed by atoms with Gasteiger partial charge in [0.25, 0.3) is 0 Å². The van der Waals surface area contributed by atoms with Gasteiger partial charge in [-0.15, -0.1) is 0 Å². The number of imide groups is 1. The van der Waals surface area contributed by atoms with Crippen LogP contribution in [-0.2, 0) is 20.9 Å². The Kier molecular flexibility index (Phi) is 7.88. The molecule has 1 aromatic heterocycles. The van der Waals surface area contributed by atoms with Crippen LogP contribution in [0.1, 0.15) is 16.4 Å². The minimum absolute atomic E-state index is 0.186. The van der Waals surface area contributed by atoms with Crippen molar-refractivity contribution in [1.82, 2.24) is 4.57 Å². The van der Waals surface area contributed by atoms with Gasteiger partial charge in [0.05, 0.1) is 36.7 Å². The molecule has 6 rings (SSSR count). The van der Waals surface area contributed by atoms with E-state index >= 15 is 0 Å². The van der Waals surface area contributed by atoms with E-state index in [0.717, 1.165) is 40.1 Å². The largest absolute Gasteiger partial charge is 0.324 e. The highest BCUT2D eigenvalue weighted by Gasteiger charge is 2.57. The van der Waals surface area contributed by atoms with Crippen molar-refractivity contribution in [3.8, 4) is 0 Å². The van der Waals surface area contributed by atoms with Crippen molar-refractivity contribution in [3.63, 3.8) is 0 Å². The Bertz CT molecular complexity index is 1850. The summed E-state index contributed by atoms with van der Waals surface area (Å²) in [5, 5.41) is 3.11. The van der Waals surface area contributed by atoms with Gasteiger partial charge in [-0.25, -0.2) is 9.29 Å². The van der Waals surface area contributed by atoms with Crippen molar-refractivity contribution < 1.29 is 18.8 Å². The predicted octanol–water partition coefficient (Wildman–Crippen LogP) is 7.10. The zero-order valence-corrected chi connectivity index (χ0v) is 25.6. The molecule has 7 nitrogen and oxygen atoms in total. The first kappa shape index (κ1) is 29.2. The molecule has 3 unspecified atom stereocenters. The number of halogens is 5.